The maximum Gasteiger partial charge on any atom is 0.119 e. The van der Waals surface area contributed by atoms with E-state index < -0.39 is 0 Å². The Bertz CT molecular complexity index is 612. The summed E-state index contributed by atoms with van der Waals surface area (Å²) in [5.74, 6) is 1.94. The van der Waals surface area contributed by atoms with Crippen molar-refractivity contribution < 1.29 is 4.74 Å². The SMILES string of the molecule is COc1ccc2c(c1)[C@]13CCCC[C@@H]1[C@H]1N(C)CC1(C2)C3. The smallest absolute Gasteiger partial charge is 0.119 e. The zero-order valence-corrected chi connectivity index (χ0v) is 13.2. The van der Waals surface area contributed by atoms with Crippen molar-refractivity contribution >= 4 is 0 Å². The van der Waals surface area contributed by atoms with Gasteiger partial charge in [0, 0.05) is 23.4 Å². The summed E-state index contributed by atoms with van der Waals surface area (Å²) in [5.41, 5.74) is 4.35. The van der Waals surface area contributed by atoms with Gasteiger partial charge in [-0.3, -0.25) is 0 Å². The minimum atomic E-state index is 0.468. The van der Waals surface area contributed by atoms with Crippen LogP contribution in [0.3, 0.4) is 0 Å². The lowest BCUT2D eigenvalue weighted by Crippen LogP contribution is -2.62. The molecule has 1 aromatic carbocycles. The molecule has 0 radical (unpaired) electrons. The molecule has 4 aliphatic rings. The third-order valence-electron chi connectivity index (χ3n) is 7.21. The van der Waals surface area contributed by atoms with Crippen LogP contribution in [0.4, 0.5) is 0 Å². The standard InChI is InChI=1S/C19H25NO/c1-20-12-18-10-13-6-7-14(21-2)9-16(13)19(11-18)8-4-3-5-15(19)17(18)20/h6-7,9,15,17H,3-5,8,10-12H2,1-2H3/t15-,17-,18?,19+/m1/s1. The Kier molecular flexibility index (Phi) is 2.29. The molecular weight excluding hydrogens is 258 g/mol. The van der Waals surface area contributed by atoms with Gasteiger partial charge in [0.2, 0.25) is 0 Å². The van der Waals surface area contributed by atoms with E-state index in [9.17, 15) is 0 Å². The summed E-state index contributed by atoms with van der Waals surface area (Å²) in [4.78, 5) is 2.65. The van der Waals surface area contributed by atoms with Crippen LogP contribution in [0.5, 0.6) is 5.75 Å². The summed E-state index contributed by atoms with van der Waals surface area (Å²) < 4.78 is 5.54. The molecule has 1 saturated heterocycles. The van der Waals surface area contributed by atoms with Crippen molar-refractivity contribution in [2.24, 2.45) is 11.3 Å². The molecule has 112 valence electrons. The Balaban J connectivity index is 1.72. The highest BCUT2D eigenvalue weighted by molar-refractivity contribution is 5.49. The Morgan fingerprint density at radius 3 is 3.00 bits per heavy atom. The molecule has 5 rings (SSSR count). The lowest BCUT2D eigenvalue weighted by atomic mass is 9.60. The number of hydrogen-bond acceptors (Lipinski definition) is 2. The fraction of sp³-hybridized carbons (Fsp3) is 0.684. The normalized spacial score (nSPS) is 43.5. The fourth-order valence-electron chi connectivity index (χ4n) is 6.84. The minimum absolute atomic E-state index is 0.468. The number of benzene rings is 1. The second kappa shape index (κ2) is 3.84. The number of nitrogens with zero attached hydrogens (tertiary/aromatic N) is 1. The zero-order valence-electron chi connectivity index (χ0n) is 13.2. The third-order valence-corrected chi connectivity index (χ3v) is 7.21. The molecule has 3 fully saturated rings. The molecule has 3 aliphatic carbocycles. The van der Waals surface area contributed by atoms with E-state index in [1.807, 2.05) is 0 Å². The molecule has 1 unspecified atom stereocenters. The molecule has 0 aromatic heterocycles. The highest BCUT2D eigenvalue weighted by atomic mass is 16.5. The molecule has 21 heavy (non-hydrogen) atoms. The van der Waals surface area contributed by atoms with Crippen LogP contribution in [0.25, 0.3) is 0 Å². The first-order valence-corrected chi connectivity index (χ1v) is 8.56. The minimum Gasteiger partial charge on any atom is -0.497 e. The number of rotatable bonds is 1. The monoisotopic (exact) mass is 283 g/mol. The first kappa shape index (κ1) is 12.5. The largest absolute Gasteiger partial charge is 0.497 e. The first-order valence-electron chi connectivity index (χ1n) is 8.56. The molecule has 2 saturated carbocycles. The van der Waals surface area contributed by atoms with Crippen molar-refractivity contribution in [1.29, 1.82) is 0 Å². The molecule has 0 amide bonds. The van der Waals surface area contributed by atoms with E-state index in [0.717, 1.165) is 17.7 Å². The van der Waals surface area contributed by atoms with Gasteiger partial charge in [-0.05, 0) is 61.9 Å². The number of fused-ring (bicyclic) bond motifs is 2. The van der Waals surface area contributed by atoms with E-state index in [2.05, 4.69) is 30.1 Å². The third kappa shape index (κ3) is 1.34. The van der Waals surface area contributed by atoms with Gasteiger partial charge in [0.05, 0.1) is 7.11 Å². The van der Waals surface area contributed by atoms with Crippen LogP contribution < -0.4 is 4.74 Å². The molecular formula is C19H25NO. The molecule has 2 spiro atoms. The number of ether oxygens (including phenoxy) is 1. The van der Waals surface area contributed by atoms with Crippen LogP contribution in [0, 0.1) is 11.3 Å². The van der Waals surface area contributed by atoms with Gasteiger partial charge in [-0.2, -0.15) is 0 Å². The topological polar surface area (TPSA) is 12.5 Å². The Hall–Kier alpha value is -1.02. The maximum atomic E-state index is 5.54. The second-order valence-electron chi connectivity index (χ2n) is 8.11. The summed E-state index contributed by atoms with van der Waals surface area (Å²) >= 11 is 0. The van der Waals surface area contributed by atoms with Crippen molar-refractivity contribution in [3.63, 3.8) is 0 Å². The van der Waals surface area contributed by atoms with E-state index in [1.54, 1.807) is 18.2 Å². The summed E-state index contributed by atoms with van der Waals surface area (Å²) in [7, 11) is 4.15. The lowest BCUT2D eigenvalue weighted by molar-refractivity contribution is -0.0519. The van der Waals surface area contributed by atoms with Crippen LogP contribution in [-0.4, -0.2) is 31.6 Å². The average molecular weight is 283 g/mol. The van der Waals surface area contributed by atoms with E-state index in [1.165, 1.54) is 45.1 Å². The molecule has 1 aliphatic heterocycles. The molecule has 4 atom stereocenters. The quantitative estimate of drug-likeness (QED) is 0.783. The second-order valence-corrected chi connectivity index (χ2v) is 8.11. The predicted octanol–water partition coefficient (Wildman–Crippen LogP) is 3.38. The van der Waals surface area contributed by atoms with Gasteiger partial charge in [-0.25, -0.2) is 0 Å². The van der Waals surface area contributed by atoms with Crippen molar-refractivity contribution in [3.8, 4) is 5.75 Å². The van der Waals surface area contributed by atoms with E-state index in [-0.39, 0.29) is 0 Å². The highest BCUT2D eigenvalue weighted by Crippen LogP contribution is 2.69. The van der Waals surface area contributed by atoms with Crippen molar-refractivity contribution in [1.82, 2.24) is 4.90 Å². The summed E-state index contributed by atoms with van der Waals surface area (Å²) in [6.45, 7) is 1.32. The summed E-state index contributed by atoms with van der Waals surface area (Å²) in [6, 6.07) is 7.76. The van der Waals surface area contributed by atoms with Gasteiger partial charge in [0.1, 0.15) is 5.75 Å². The van der Waals surface area contributed by atoms with Crippen LogP contribution in [0.2, 0.25) is 0 Å². The molecule has 0 N–H and O–H groups in total. The summed E-state index contributed by atoms with van der Waals surface area (Å²) in [6.07, 6.45) is 8.45. The van der Waals surface area contributed by atoms with Gasteiger partial charge in [-0.1, -0.05) is 18.9 Å². The number of methoxy groups -OCH3 is 1. The first-order chi connectivity index (χ1) is 10.2. The van der Waals surface area contributed by atoms with Crippen LogP contribution in [0.1, 0.15) is 43.2 Å². The van der Waals surface area contributed by atoms with E-state index in [0.29, 0.717) is 10.8 Å². The van der Waals surface area contributed by atoms with Crippen LogP contribution >= 0.6 is 0 Å². The van der Waals surface area contributed by atoms with Gasteiger partial charge < -0.3 is 9.64 Å². The lowest BCUT2D eigenvalue weighted by Gasteiger charge is -2.55. The van der Waals surface area contributed by atoms with Gasteiger partial charge in [0.25, 0.3) is 0 Å². The highest BCUT2D eigenvalue weighted by Gasteiger charge is 2.69. The molecule has 2 nitrogen and oxygen atoms in total. The van der Waals surface area contributed by atoms with Gasteiger partial charge in [0.15, 0.2) is 0 Å². The van der Waals surface area contributed by atoms with Crippen molar-refractivity contribution in [3.05, 3.63) is 29.3 Å². The van der Waals surface area contributed by atoms with Gasteiger partial charge >= 0.3 is 0 Å². The van der Waals surface area contributed by atoms with E-state index >= 15 is 0 Å². The van der Waals surface area contributed by atoms with Crippen molar-refractivity contribution in [2.45, 2.75) is 50.0 Å². The van der Waals surface area contributed by atoms with Crippen LogP contribution in [0.15, 0.2) is 18.2 Å². The average Bonchev–Trinajstić information content (AvgIpc) is 2.68. The van der Waals surface area contributed by atoms with Crippen LogP contribution in [-0.2, 0) is 11.8 Å². The molecule has 2 heteroatoms. The molecule has 1 aromatic rings. The van der Waals surface area contributed by atoms with Gasteiger partial charge in [-0.15, -0.1) is 0 Å². The predicted molar refractivity (Wildman–Crippen MR) is 83.8 cm³/mol. The molecule has 2 bridgehead atoms. The zero-order chi connectivity index (χ0) is 14.2. The maximum absolute atomic E-state index is 5.54. The molecule has 1 heterocycles. The van der Waals surface area contributed by atoms with E-state index in [4.69, 9.17) is 4.74 Å². The number of hydrogen-bond donors (Lipinski definition) is 0. The fourth-order valence-corrected chi connectivity index (χ4v) is 6.84. The number of likely N-dealkylation sites (tertiary alicyclic amines) is 1. The Morgan fingerprint density at radius 1 is 1.29 bits per heavy atom. The Morgan fingerprint density at radius 2 is 2.19 bits per heavy atom. The Labute approximate surface area is 127 Å². The summed E-state index contributed by atoms with van der Waals surface area (Å²) in [5, 5.41) is 0. The van der Waals surface area contributed by atoms with Crippen molar-refractivity contribution in [2.75, 3.05) is 20.7 Å².